The number of aliphatic hydroxyl groups excluding tert-OH is 1. The number of rotatable bonds is 6. The van der Waals surface area contributed by atoms with E-state index in [9.17, 15) is 0 Å². The molecule has 2 aromatic rings. The minimum Gasteiger partial charge on any atom is -0.496 e. The van der Waals surface area contributed by atoms with Gasteiger partial charge in [-0.3, -0.25) is 0 Å². The summed E-state index contributed by atoms with van der Waals surface area (Å²) in [5.41, 5.74) is 8.39. The normalized spacial score (nSPS) is 11.2. The van der Waals surface area contributed by atoms with Gasteiger partial charge < -0.3 is 20.4 Å². The van der Waals surface area contributed by atoms with Gasteiger partial charge in [0.2, 0.25) is 0 Å². The number of para-hydroxylation sites is 1. The largest absolute Gasteiger partial charge is 0.496 e. The lowest BCUT2D eigenvalue weighted by molar-refractivity contribution is 0.130. The van der Waals surface area contributed by atoms with Gasteiger partial charge in [0.05, 0.1) is 19.3 Å². The highest BCUT2D eigenvalue weighted by Gasteiger charge is 2.06. The molecule has 21 heavy (non-hydrogen) atoms. The van der Waals surface area contributed by atoms with Crippen LogP contribution in [0.25, 0.3) is 0 Å². The van der Waals surface area contributed by atoms with Crippen LogP contribution in [-0.4, -0.2) is 18.1 Å². The van der Waals surface area contributed by atoms with Crippen LogP contribution in [0.5, 0.6) is 5.75 Å². The summed E-state index contributed by atoms with van der Waals surface area (Å²) in [4.78, 5) is 5.25. The van der Waals surface area contributed by atoms with Crippen molar-refractivity contribution in [3.63, 3.8) is 0 Å². The quantitative estimate of drug-likeness (QED) is 0.484. The molecule has 0 aliphatic heterocycles. The predicted octanol–water partition coefficient (Wildman–Crippen LogP) is 2.02. The van der Waals surface area contributed by atoms with E-state index in [-0.39, 0.29) is 12.4 Å². The standard InChI is InChI=1S/C16H18N2O3/c1-20-15-5-3-2-4-14(15)16(17)18-21-11-13-8-6-12(10-19)7-9-13/h2-9,19H,10-11H2,1H3,(H2,17,18). The molecule has 0 spiro atoms. The van der Waals surface area contributed by atoms with Crippen LogP contribution in [0.4, 0.5) is 0 Å². The Morgan fingerprint density at radius 3 is 2.43 bits per heavy atom. The van der Waals surface area contributed by atoms with E-state index >= 15 is 0 Å². The molecule has 0 atom stereocenters. The fraction of sp³-hybridized carbons (Fsp3) is 0.188. The Kier molecular flexibility index (Phi) is 5.17. The summed E-state index contributed by atoms with van der Waals surface area (Å²) in [7, 11) is 1.58. The first-order valence-electron chi connectivity index (χ1n) is 6.52. The molecular weight excluding hydrogens is 268 g/mol. The molecular formula is C16H18N2O3. The highest BCUT2D eigenvalue weighted by Crippen LogP contribution is 2.16. The number of oxime groups is 1. The van der Waals surface area contributed by atoms with E-state index in [0.29, 0.717) is 17.9 Å². The van der Waals surface area contributed by atoms with Gasteiger partial charge in [0.15, 0.2) is 5.84 Å². The molecule has 110 valence electrons. The second kappa shape index (κ2) is 7.31. The van der Waals surface area contributed by atoms with Gasteiger partial charge in [-0.15, -0.1) is 0 Å². The number of nitrogens with two attached hydrogens (primary N) is 1. The van der Waals surface area contributed by atoms with Crippen molar-refractivity contribution in [3.8, 4) is 5.75 Å². The van der Waals surface area contributed by atoms with Crippen LogP contribution in [0, 0.1) is 0 Å². The Hall–Kier alpha value is -2.53. The molecule has 0 aliphatic carbocycles. The van der Waals surface area contributed by atoms with Gasteiger partial charge in [-0.25, -0.2) is 0 Å². The molecule has 0 bridgehead atoms. The van der Waals surface area contributed by atoms with Gasteiger partial charge in [0.25, 0.3) is 0 Å². The summed E-state index contributed by atoms with van der Waals surface area (Å²) in [6.45, 7) is 0.335. The summed E-state index contributed by atoms with van der Waals surface area (Å²) in [6, 6.07) is 14.8. The lowest BCUT2D eigenvalue weighted by Crippen LogP contribution is -2.15. The van der Waals surface area contributed by atoms with Crippen molar-refractivity contribution in [2.24, 2.45) is 10.9 Å². The number of amidine groups is 1. The molecule has 5 heteroatoms. The Balaban J connectivity index is 1.99. The molecule has 3 N–H and O–H groups in total. The summed E-state index contributed by atoms with van der Waals surface area (Å²) in [5, 5.41) is 12.9. The fourth-order valence-corrected chi connectivity index (χ4v) is 1.82. The summed E-state index contributed by atoms with van der Waals surface area (Å²) in [5.74, 6) is 0.911. The van der Waals surface area contributed by atoms with Crippen molar-refractivity contribution < 1.29 is 14.7 Å². The third-order valence-electron chi connectivity index (χ3n) is 2.98. The molecule has 0 aromatic heterocycles. The number of benzene rings is 2. The van der Waals surface area contributed by atoms with E-state index in [1.807, 2.05) is 48.5 Å². The average molecular weight is 286 g/mol. The van der Waals surface area contributed by atoms with Gasteiger partial charge in [0.1, 0.15) is 12.4 Å². The summed E-state index contributed by atoms with van der Waals surface area (Å²) >= 11 is 0. The lowest BCUT2D eigenvalue weighted by Gasteiger charge is -2.07. The molecule has 0 unspecified atom stereocenters. The molecule has 0 radical (unpaired) electrons. The molecule has 2 rings (SSSR count). The minimum atomic E-state index is 0.0278. The van der Waals surface area contributed by atoms with Crippen LogP contribution in [0.3, 0.4) is 0 Å². The van der Waals surface area contributed by atoms with Crippen LogP contribution < -0.4 is 10.5 Å². The first-order chi connectivity index (χ1) is 10.2. The Bertz CT molecular complexity index is 609. The van der Waals surface area contributed by atoms with Crippen LogP contribution in [-0.2, 0) is 18.1 Å². The zero-order valence-corrected chi connectivity index (χ0v) is 11.8. The van der Waals surface area contributed by atoms with Crippen LogP contribution >= 0.6 is 0 Å². The van der Waals surface area contributed by atoms with Crippen LogP contribution in [0.1, 0.15) is 16.7 Å². The van der Waals surface area contributed by atoms with E-state index < -0.39 is 0 Å². The molecule has 0 saturated carbocycles. The maximum Gasteiger partial charge on any atom is 0.174 e. The second-order valence-corrected chi connectivity index (χ2v) is 4.42. The minimum absolute atomic E-state index is 0.0278. The van der Waals surface area contributed by atoms with Crippen molar-refractivity contribution in [1.82, 2.24) is 0 Å². The van der Waals surface area contributed by atoms with Crippen molar-refractivity contribution in [2.45, 2.75) is 13.2 Å². The molecule has 0 amide bonds. The van der Waals surface area contributed by atoms with E-state index in [1.54, 1.807) is 7.11 Å². The highest BCUT2D eigenvalue weighted by molar-refractivity contribution is 5.99. The van der Waals surface area contributed by atoms with Crippen molar-refractivity contribution in [2.75, 3.05) is 7.11 Å². The predicted molar refractivity (Wildman–Crippen MR) is 80.9 cm³/mol. The van der Waals surface area contributed by atoms with Crippen LogP contribution in [0.15, 0.2) is 53.7 Å². The Morgan fingerprint density at radius 1 is 1.10 bits per heavy atom. The smallest absolute Gasteiger partial charge is 0.174 e. The maximum atomic E-state index is 8.97. The topological polar surface area (TPSA) is 77.1 Å². The van der Waals surface area contributed by atoms with Gasteiger partial charge in [-0.1, -0.05) is 41.6 Å². The monoisotopic (exact) mass is 286 g/mol. The van der Waals surface area contributed by atoms with Gasteiger partial charge >= 0.3 is 0 Å². The van der Waals surface area contributed by atoms with Crippen LogP contribution in [0.2, 0.25) is 0 Å². The van der Waals surface area contributed by atoms with E-state index in [2.05, 4.69) is 5.16 Å². The van der Waals surface area contributed by atoms with E-state index in [4.69, 9.17) is 20.4 Å². The second-order valence-electron chi connectivity index (χ2n) is 4.42. The molecule has 0 fully saturated rings. The van der Waals surface area contributed by atoms with E-state index in [1.165, 1.54) is 0 Å². The third kappa shape index (κ3) is 3.97. The first-order valence-corrected chi connectivity index (χ1v) is 6.52. The number of hydrogen-bond acceptors (Lipinski definition) is 4. The molecule has 0 saturated heterocycles. The average Bonchev–Trinajstić information content (AvgIpc) is 2.55. The van der Waals surface area contributed by atoms with Gasteiger partial charge in [-0.05, 0) is 23.3 Å². The summed E-state index contributed by atoms with van der Waals surface area (Å²) in [6.07, 6.45) is 0. The SMILES string of the molecule is COc1ccccc1/C(N)=N/OCc1ccc(CO)cc1. The number of aliphatic hydroxyl groups is 1. The molecule has 5 nitrogen and oxygen atoms in total. The third-order valence-corrected chi connectivity index (χ3v) is 2.98. The lowest BCUT2D eigenvalue weighted by atomic mass is 10.1. The number of methoxy groups -OCH3 is 1. The molecule has 0 heterocycles. The molecule has 0 aliphatic rings. The zero-order valence-electron chi connectivity index (χ0n) is 11.8. The Morgan fingerprint density at radius 2 is 1.76 bits per heavy atom. The maximum absolute atomic E-state index is 8.97. The van der Waals surface area contributed by atoms with Crippen molar-refractivity contribution >= 4 is 5.84 Å². The number of ether oxygens (including phenoxy) is 1. The fourth-order valence-electron chi connectivity index (χ4n) is 1.82. The van der Waals surface area contributed by atoms with Gasteiger partial charge in [0, 0.05) is 0 Å². The first kappa shape index (κ1) is 14.9. The summed E-state index contributed by atoms with van der Waals surface area (Å²) < 4.78 is 5.22. The Labute approximate surface area is 123 Å². The van der Waals surface area contributed by atoms with Crippen molar-refractivity contribution in [3.05, 3.63) is 65.2 Å². The molecule has 2 aromatic carbocycles. The highest BCUT2D eigenvalue weighted by atomic mass is 16.6. The van der Waals surface area contributed by atoms with E-state index in [0.717, 1.165) is 11.1 Å². The van der Waals surface area contributed by atoms with Crippen molar-refractivity contribution in [1.29, 1.82) is 0 Å². The zero-order chi connectivity index (χ0) is 15.1. The van der Waals surface area contributed by atoms with Gasteiger partial charge in [-0.2, -0.15) is 0 Å². The number of hydrogen-bond donors (Lipinski definition) is 2. The number of nitrogens with zero attached hydrogens (tertiary/aromatic N) is 1.